The van der Waals surface area contributed by atoms with Crippen LogP contribution in [-0.4, -0.2) is 31.1 Å². The van der Waals surface area contributed by atoms with E-state index >= 15 is 0 Å². The van der Waals surface area contributed by atoms with Crippen molar-refractivity contribution in [3.8, 4) is 0 Å². The Kier molecular flexibility index (Phi) is 2.03. The molecule has 2 aliphatic heterocycles. The molecular weight excluding hydrogens is 172 g/mol. The lowest BCUT2D eigenvalue weighted by atomic mass is 9.91. The smallest absolute Gasteiger partial charge is 0.0956 e. The van der Waals surface area contributed by atoms with Crippen LogP contribution < -0.4 is 5.32 Å². The number of benzene rings is 1. The first-order valence-corrected chi connectivity index (χ1v) is 5.58. The van der Waals surface area contributed by atoms with Crippen molar-refractivity contribution in [2.45, 2.75) is 12.5 Å². The number of hydrogen-bond acceptors (Lipinski definition) is 1. The number of nitrogens with zero attached hydrogens (tertiary/aromatic N) is 1. The van der Waals surface area contributed by atoms with E-state index < -0.39 is 0 Å². The van der Waals surface area contributed by atoms with Gasteiger partial charge in [-0.15, -0.1) is 0 Å². The third-order valence-corrected chi connectivity index (χ3v) is 3.53. The molecule has 1 fully saturated rings. The van der Waals surface area contributed by atoms with Gasteiger partial charge in [-0.3, -0.25) is 4.90 Å². The molecule has 2 nitrogen and oxygen atoms in total. The van der Waals surface area contributed by atoms with E-state index in [1.807, 2.05) is 0 Å². The van der Waals surface area contributed by atoms with Crippen LogP contribution in [0.2, 0.25) is 0 Å². The molecule has 3 rings (SSSR count). The van der Waals surface area contributed by atoms with Gasteiger partial charge in [0.15, 0.2) is 0 Å². The van der Waals surface area contributed by atoms with Gasteiger partial charge in [-0.2, -0.15) is 0 Å². The number of nitrogens with two attached hydrogens (primary N) is 1. The van der Waals surface area contributed by atoms with Gasteiger partial charge >= 0.3 is 0 Å². The molecule has 1 atom stereocenters. The predicted octanol–water partition coefficient (Wildman–Crippen LogP) is 0.163. The number of quaternary nitrogens is 1. The molecule has 1 aromatic carbocycles. The van der Waals surface area contributed by atoms with E-state index in [-0.39, 0.29) is 0 Å². The van der Waals surface area contributed by atoms with Gasteiger partial charge < -0.3 is 5.32 Å². The summed E-state index contributed by atoms with van der Waals surface area (Å²) < 4.78 is 0. The summed E-state index contributed by atoms with van der Waals surface area (Å²) in [5, 5.41) is 2.45. The molecule has 1 unspecified atom stereocenters. The standard InChI is InChI=1S/C12H16N2/c1-2-4-11-10(3-1)5-7-14-8-6-13-9-12(11)14/h1-4,12-13H,5-9H2/p+1. The molecule has 1 aromatic rings. The molecule has 74 valence electrons. The third-order valence-electron chi connectivity index (χ3n) is 3.53. The predicted molar refractivity (Wildman–Crippen MR) is 56.1 cm³/mol. The SMILES string of the molecule is c1ccc2c(c1)CCN1CC[NH2+]CC21. The highest BCUT2D eigenvalue weighted by Gasteiger charge is 2.30. The Balaban J connectivity index is 1.99. The van der Waals surface area contributed by atoms with Gasteiger partial charge in [0.1, 0.15) is 0 Å². The Morgan fingerprint density at radius 3 is 3.14 bits per heavy atom. The lowest BCUT2D eigenvalue weighted by Crippen LogP contribution is -2.90. The van der Waals surface area contributed by atoms with E-state index in [4.69, 9.17) is 0 Å². The van der Waals surface area contributed by atoms with Crippen LogP contribution in [0.25, 0.3) is 0 Å². The molecule has 2 N–H and O–H groups in total. The second-order valence-electron chi connectivity index (χ2n) is 4.31. The Labute approximate surface area is 84.9 Å². The number of fused-ring (bicyclic) bond motifs is 3. The Hall–Kier alpha value is -0.860. The summed E-state index contributed by atoms with van der Waals surface area (Å²) in [7, 11) is 0. The minimum atomic E-state index is 0.689. The molecule has 0 aliphatic carbocycles. The minimum Gasteiger partial charge on any atom is -0.344 e. The monoisotopic (exact) mass is 189 g/mol. The first kappa shape index (κ1) is 8.45. The van der Waals surface area contributed by atoms with Crippen molar-refractivity contribution in [1.29, 1.82) is 0 Å². The molecular formula is C12H17N2+. The largest absolute Gasteiger partial charge is 0.344 e. The van der Waals surface area contributed by atoms with E-state index in [1.54, 1.807) is 11.1 Å². The maximum absolute atomic E-state index is 2.64. The Morgan fingerprint density at radius 1 is 1.21 bits per heavy atom. The quantitative estimate of drug-likeness (QED) is 0.616. The van der Waals surface area contributed by atoms with Gasteiger partial charge in [0.25, 0.3) is 0 Å². The molecule has 0 radical (unpaired) electrons. The van der Waals surface area contributed by atoms with E-state index in [0.29, 0.717) is 6.04 Å². The van der Waals surface area contributed by atoms with Gasteiger partial charge in [-0.05, 0) is 17.5 Å². The highest BCUT2D eigenvalue weighted by atomic mass is 15.2. The van der Waals surface area contributed by atoms with Crippen molar-refractivity contribution >= 4 is 0 Å². The molecule has 14 heavy (non-hydrogen) atoms. The fourth-order valence-electron chi connectivity index (χ4n) is 2.78. The first-order valence-electron chi connectivity index (χ1n) is 5.58. The zero-order chi connectivity index (χ0) is 9.38. The van der Waals surface area contributed by atoms with Gasteiger partial charge in [-0.1, -0.05) is 24.3 Å². The maximum atomic E-state index is 2.64. The van der Waals surface area contributed by atoms with Gasteiger partial charge in [0, 0.05) is 13.1 Å². The average molecular weight is 189 g/mol. The molecule has 2 heterocycles. The topological polar surface area (TPSA) is 19.9 Å². The maximum Gasteiger partial charge on any atom is 0.0956 e. The van der Waals surface area contributed by atoms with Crippen LogP contribution in [0.3, 0.4) is 0 Å². The Morgan fingerprint density at radius 2 is 2.14 bits per heavy atom. The van der Waals surface area contributed by atoms with E-state index in [9.17, 15) is 0 Å². The van der Waals surface area contributed by atoms with Crippen LogP contribution in [-0.2, 0) is 6.42 Å². The van der Waals surface area contributed by atoms with Crippen molar-refractivity contribution in [1.82, 2.24) is 4.90 Å². The number of piperazine rings is 1. The minimum absolute atomic E-state index is 0.689. The third kappa shape index (κ3) is 1.26. The van der Waals surface area contributed by atoms with Gasteiger partial charge in [0.2, 0.25) is 0 Å². The lowest BCUT2D eigenvalue weighted by molar-refractivity contribution is -0.670. The molecule has 0 bridgehead atoms. The fraction of sp³-hybridized carbons (Fsp3) is 0.500. The van der Waals surface area contributed by atoms with Crippen LogP contribution in [0, 0.1) is 0 Å². The van der Waals surface area contributed by atoms with E-state index in [2.05, 4.69) is 34.5 Å². The highest BCUT2D eigenvalue weighted by Crippen LogP contribution is 2.28. The lowest BCUT2D eigenvalue weighted by Gasteiger charge is -2.38. The molecule has 0 amide bonds. The van der Waals surface area contributed by atoms with Gasteiger partial charge in [-0.25, -0.2) is 0 Å². The number of hydrogen-bond donors (Lipinski definition) is 1. The van der Waals surface area contributed by atoms with E-state index in [1.165, 1.54) is 32.6 Å². The van der Waals surface area contributed by atoms with Gasteiger partial charge in [0.05, 0.1) is 19.1 Å². The molecule has 0 saturated carbocycles. The van der Waals surface area contributed by atoms with Crippen molar-refractivity contribution in [3.63, 3.8) is 0 Å². The van der Waals surface area contributed by atoms with Crippen LogP contribution in [0.15, 0.2) is 24.3 Å². The summed E-state index contributed by atoms with van der Waals surface area (Å²) in [5.41, 5.74) is 3.15. The second kappa shape index (κ2) is 3.37. The van der Waals surface area contributed by atoms with Crippen LogP contribution in [0.4, 0.5) is 0 Å². The summed E-state index contributed by atoms with van der Waals surface area (Å²) in [4.78, 5) is 2.64. The van der Waals surface area contributed by atoms with Crippen LogP contribution >= 0.6 is 0 Å². The van der Waals surface area contributed by atoms with Crippen molar-refractivity contribution in [2.75, 3.05) is 26.2 Å². The summed E-state index contributed by atoms with van der Waals surface area (Å²) in [6.07, 6.45) is 1.24. The van der Waals surface area contributed by atoms with Crippen molar-refractivity contribution < 1.29 is 5.32 Å². The van der Waals surface area contributed by atoms with Crippen molar-refractivity contribution in [2.24, 2.45) is 0 Å². The summed E-state index contributed by atoms with van der Waals surface area (Å²) >= 11 is 0. The zero-order valence-corrected chi connectivity index (χ0v) is 8.45. The van der Waals surface area contributed by atoms with Crippen LogP contribution in [0.1, 0.15) is 17.2 Å². The summed E-state index contributed by atoms with van der Waals surface area (Å²) in [5.74, 6) is 0. The van der Waals surface area contributed by atoms with Crippen molar-refractivity contribution in [3.05, 3.63) is 35.4 Å². The zero-order valence-electron chi connectivity index (χ0n) is 8.45. The molecule has 0 aromatic heterocycles. The molecule has 2 heteroatoms. The normalized spacial score (nSPS) is 26.7. The molecule has 1 saturated heterocycles. The highest BCUT2D eigenvalue weighted by molar-refractivity contribution is 5.32. The number of rotatable bonds is 0. The molecule has 2 aliphatic rings. The fourth-order valence-corrected chi connectivity index (χ4v) is 2.78. The molecule has 0 spiro atoms. The second-order valence-corrected chi connectivity index (χ2v) is 4.31. The van der Waals surface area contributed by atoms with E-state index in [0.717, 1.165) is 0 Å². The van der Waals surface area contributed by atoms with Crippen LogP contribution in [0.5, 0.6) is 0 Å². The summed E-state index contributed by atoms with van der Waals surface area (Å²) in [6, 6.07) is 9.64. The Bertz CT molecular complexity index is 335. The average Bonchev–Trinajstić information content (AvgIpc) is 2.29. The first-order chi connectivity index (χ1) is 6.95. The summed E-state index contributed by atoms with van der Waals surface area (Å²) in [6.45, 7) is 5.05.